The van der Waals surface area contributed by atoms with Gasteiger partial charge in [-0.05, 0) is 90.7 Å². The standard InChI is InChI=1S/C23H25IN2O6/c1-14(5-3-4-6-21(29)26-31)22(19-13-17(24)9-12-20(19)28)32-23(30)25-18-10-7-16(8-11-18)15(2)27/h4,6-14,22,28,31H,3,5H2,1-2H3,(H,25,30)(H,26,29)/b6-4+/t14-,22+/m1/s1. The molecule has 170 valence electrons. The Kier molecular flexibility index (Phi) is 9.66. The van der Waals surface area contributed by atoms with Gasteiger partial charge in [0.15, 0.2) is 5.78 Å². The molecule has 0 saturated heterocycles. The molecule has 2 amide bonds. The van der Waals surface area contributed by atoms with Crippen LogP contribution in [0.1, 0.15) is 48.7 Å². The average molecular weight is 552 g/mol. The Morgan fingerprint density at radius 2 is 1.84 bits per heavy atom. The third-order valence-corrected chi connectivity index (χ3v) is 5.42. The van der Waals surface area contributed by atoms with Crippen LogP contribution in [-0.2, 0) is 9.53 Å². The average Bonchev–Trinajstić information content (AvgIpc) is 2.76. The summed E-state index contributed by atoms with van der Waals surface area (Å²) in [6.07, 6.45) is 2.40. The van der Waals surface area contributed by atoms with E-state index < -0.39 is 18.1 Å². The first-order valence-corrected chi connectivity index (χ1v) is 11.0. The first-order valence-electron chi connectivity index (χ1n) is 9.89. The van der Waals surface area contributed by atoms with Crippen LogP contribution < -0.4 is 10.8 Å². The minimum absolute atomic E-state index is 0.0103. The Morgan fingerprint density at radius 1 is 1.16 bits per heavy atom. The van der Waals surface area contributed by atoms with E-state index in [9.17, 15) is 19.5 Å². The molecular formula is C23H25IN2O6. The zero-order valence-corrected chi connectivity index (χ0v) is 19.8. The zero-order valence-electron chi connectivity index (χ0n) is 17.7. The number of ether oxygens (including phenoxy) is 1. The van der Waals surface area contributed by atoms with Crippen LogP contribution in [0.2, 0.25) is 0 Å². The molecule has 9 heteroatoms. The van der Waals surface area contributed by atoms with Gasteiger partial charge in [0.1, 0.15) is 11.9 Å². The molecule has 32 heavy (non-hydrogen) atoms. The number of carbonyl (C=O) groups is 3. The van der Waals surface area contributed by atoms with E-state index >= 15 is 0 Å². The maximum absolute atomic E-state index is 12.6. The van der Waals surface area contributed by atoms with Gasteiger partial charge >= 0.3 is 6.09 Å². The third kappa shape index (κ3) is 7.65. The van der Waals surface area contributed by atoms with Crippen molar-refractivity contribution < 1.29 is 29.4 Å². The lowest BCUT2D eigenvalue weighted by molar-refractivity contribution is -0.124. The Hall–Kier alpha value is -2.92. The molecule has 0 aromatic heterocycles. The molecule has 2 aromatic rings. The second kappa shape index (κ2) is 12.2. The summed E-state index contributed by atoms with van der Waals surface area (Å²) in [5, 5.41) is 21.5. The Morgan fingerprint density at radius 3 is 2.47 bits per heavy atom. The molecule has 8 nitrogen and oxygen atoms in total. The van der Waals surface area contributed by atoms with Crippen LogP contribution in [0.4, 0.5) is 10.5 Å². The van der Waals surface area contributed by atoms with Gasteiger partial charge in [0.05, 0.1) is 0 Å². The summed E-state index contributed by atoms with van der Waals surface area (Å²) in [4.78, 5) is 35.1. The van der Waals surface area contributed by atoms with Crippen molar-refractivity contribution in [2.75, 3.05) is 5.32 Å². The maximum Gasteiger partial charge on any atom is 0.412 e. The lowest BCUT2D eigenvalue weighted by Gasteiger charge is -2.25. The van der Waals surface area contributed by atoms with Crippen LogP contribution >= 0.6 is 22.6 Å². The van der Waals surface area contributed by atoms with Crippen LogP contribution in [0.3, 0.4) is 0 Å². The molecule has 0 aliphatic carbocycles. The second-order valence-corrected chi connectivity index (χ2v) is 8.47. The number of carbonyl (C=O) groups excluding carboxylic acids is 3. The molecule has 2 atom stereocenters. The molecular weight excluding hydrogens is 527 g/mol. The fourth-order valence-electron chi connectivity index (χ4n) is 3.03. The van der Waals surface area contributed by atoms with Crippen molar-refractivity contribution in [3.05, 3.63) is 69.3 Å². The van der Waals surface area contributed by atoms with E-state index in [1.165, 1.54) is 18.5 Å². The van der Waals surface area contributed by atoms with Gasteiger partial charge in [0.2, 0.25) is 0 Å². The number of amides is 2. The molecule has 0 heterocycles. The number of rotatable bonds is 9. The van der Waals surface area contributed by atoms with Crippen molar-refractivity contribution in [2.45, 2.75) is 32.8 Å². The summed E-state index contributed by atoms with van der Waals surface area (Å²) in [6.45, 7) is 3.33. The van der Waals surface area contributed by atoms with Gasteiger partial charge in [0, 0.05) is 26.5 Å². The summed E-state index contributed by atoms with van der Waals surface area (Å²) in [5.74, 6) is -0.897. The Labute approximate surface area is 199 Å². The fourth-order valence-corrected chi connectivity index (χ4v) is 3.54. The molecule has 0 radical (unpaired) electrons. The summed E-state index contributed by atoms with van der Waals surface area (Å²) >= 11 is 2.11. The van der Waals surface area contributed by atoms with Crippen molar-refractivity contribution in [3.63, 3.8) is 0 Å². The summed E-state index contributed by atoms with van der Waals surface area (Å²) < 4.78 is 6.56. The van der Waals surface area contributed by atoms with Crippen molar-refractivity contribution in [1.82, 2.24) is 5.48 Å². The number of benzene rings is 2. The van der Waals surface area contributed by atoms with Gasteiger partial charge in [-0.2, -0.15) is 0 Å². The highest BCUT2D eigenvalue weighted by Crippen LogP contribution is 2.36. The SMILES string of the molecule is CC(=O)c1ccc(NC(=O)O[C@H](c2cc(I)ccc2O)[C@H](C)CC/C=C/C(=O)NO)cc1. The van der Waals surface area contributed by atoms with Gasteiger partial charge < -0.3 is 9.84 Å². The predicted octanol–water partition coefficient (Wildman–Crippen LogP) is 4.97. The lowest BCUT2D eigenvalue weighted by Crippen LogP contribution is -2.22. The topological polar surface area (TPSA) is 125 Å². The normalized spacial score (nSPS) is 12.8. The van der Waals surface area contributed by atoms with Crippen molar-refractivity contribution in [3.8, 4) is 5.75 Å². The number of halogens is 1. The molecule has 0 saturated carbocycles. The minimum atomic E-state index is -0.749. The molecule has 0 unspecified atom stereocenters. The van der Waals surface area contributed by atoms with Crippen LogP contribution in [0.25, 0.3) is 0 Å². The molecule has 0 aliphatic rings. The molecule has 2 rings (SSSR count). The summed E-state index contributed by atoms with van der Waals surface area (Å²) in [7, 11) is 0. The number of ketones is 1. The number of aromatic hydroxyl groups is 1. The Balaban J connectivity index is 2.15. The number of hydrogen-bond acceptors (Lipinski definition) is 6. The van der Waals surface area contributed by atoms with Crippen LogP contribution in [0.5, 0.6) is 5.75 Å². The predicted molar refractivity (Wildman–Crippen MR) is 128 cm³/mol. The van der Waals surface area contributed by atoms with Crippen LogP contribution in [0, 0.1) is 9.49 Å². The molecule has 0 bridgehead atoms. The van der Waals surface area contributed by atoms with E-state index in [1.54, 1.807) is 48.5 Å². The van der Waals surface area contributed by atoms with E-state index in [0.717, 1.165) is 3.57 Å². The number of hydroxylamine groups is 1. The van der Waals surface area contributed by atoms with Crippen LogP contribution in [-0.4, -0.2) is 28.1 Å². The molecule has 2 aromatic carbocycles. The minimum Gasteiger partial charge on any atom is -0.508 e. The highest BCUT2D eigenvalue weighted by Gasteiger charge is 2.26. The largest absolute Gasteiger partial charge is 0.508 e. The van der Waals surface area contributed by atoms with Gasteiger partial charge in [-0.15, -0.1) is 0 Å². The number of allylic oxidation sites excluding steroid dienone is 1. The molecule has 4 N–H and O–H groups in total. The number of phenolic OH excluding ortho intramolecular Hbond substituents is 1. The zero-order chi connectivity index (χ0) is 23.7. The van der Waals surface area contributed by atoms with E-state index in [4.69, 9.17) is 9.94 Å². The highest BCUT2D eigenvalue weighted by molar-refractivity contribution is 14.1. The summed E-state index contributed by atoms with van der Waals surface area (Å²) in [5.41, 5.74) is 2.99. The number of anilines is 1. The van der Waals surface area contributed by atoms with E-state index in [-0.39, 0.29) is 17.5 Å². The monoisotopic (exact) mass is 552 g/mol. The fraction of sp³-hybridized carbons (Fsp3) is 0.261. The van der Waals surface area contributed by atoms with E-state index in [0.29, 0.717) is 29.7 Å². The maximum atomic E-state index is 12.6. The van der Waals surface area contributed by atoms with Crippen molar-refractivity contribution >= 4 is 46.1 Å². The highest BCUT2D eigenvalue weighted by atomic mass is 127. The number of Topliss-reactive ketones (excluding diaryl/α,β-unsaturated/α-hetero) is 1. The number of hydrogen-bond donors (Lipinski definition) is 4. The van der Waals surface area contributed by atoms with E-state index in [1.807, 2.05) is 6.92 Å². The smallest absolute Gasteiger partial charge is 0.412 e. The van der Waals surface area contributed by atoms with Gasteiger partial charge in [-0.3, -0.25) is 20.1 Å². The first-order chi connectivity index (χ1) is 15.2. The van der Waals surface area contributed by atoms with Crippen molar-refractivity contribution in [2.24, 2.45) is 5.92 Å². The number of nitrogens with one attached hydrogen (secondary N) is 2. The molecule has 0 fully saturated rings. The lowest BCUT2D eigenvalue weighted by atomic mass is 9.92. The Bertz CT molecular complexity index is 990. The van der Waals surface area contributed by atoms with Crippen molar-refractivity contribution in [1.29, 1.82) is 0 Å². The number of phenols is 1. The first kappa shape index (κ1) is 25.3. The molecule has 0 spiro atoms. The van der Waals surface area contributed by atoms with Gasteiger partial charge in [-0.1, -0.05) is 13.0 Å². The van der Waals surface area contributed by atoms with Gasteiger partial charge in [0.25, 0.3) is 5.91 Å². The molecule has 0 aliphatic heterocycles. The van der Waals surface area contributed by atoms with E-state index in [2.05, 4.69) is 27.9 Å². The summed E-state index contributed by atoms with van der Waals surface area (Å²) in [6, 6.07) is 11.5. The second-order valence-electron chi connectivity index (χ2n) is 7.22. The quantitative estimate of drug-likeness (QED) is 0.115. The van der Waals surface area contributed by atoms with Gasteiger partial charge in [-0.25, -0.2) is 10.3 Å². The van der Waals surface area contributed by atoms with Crippen LogP contribution in [0.15, 0.2) is 54.6 Å². The third-order valence-electron chi connectivity index (χ3n) is 4.75.